The van der Waals surface area contributed by atoms with E-state index < -0.39 is 0 Å². The van der Waals surface area contributed by atoms with Crippen LogP contribution in [0, 0.1) is 6.92 Å². The maximum Gasteiger partial charge on any atom is 0.230 e. The third-order valence-corrected chi connectivity index (χ3v) is 6.12. The standard InChI is InChI=1S/C20H17N5O2S2/c1-13-19(29-20(23-13)14-4-2-8-21-10-14)16-6-7-18(25-24-16)28-12-17(26)22-11-15-5-3-9-27-15/h2-10H,11-12H2,1H3,(H,22,26). The van der Waals surface area contributed by atoms with Gasteiger partial charge in [-0.05, 0) is 43.3 Å². The lowest BCUT2D eigenvalue weighted by molar-refractivity contribution is -0.118. The van der Waals surface area contributed by atoms with Gasteiger partial charge in [0.2, 0.25) is 5.91 Å². The summed E-state index contributed by atoms with van der Waals surface area (Å²) in [5, 5.41) is 13.0. The molecule has 0 aliphatic carbocycles. The van der Waals surface area contributed by atoms with Gasteiger partial charge in [-0.3, -0.25) is 9.78 Å². The Balaban J connectivity index is 1.37. The van der Waals surface area contributed by atoms with E-state index in [-0.39, 0.29) is 11.7 Å². The van der Waals surface area contributed by atoms with Crippen LogP contribution in [0.25, 0.3) is 21.1 Å². The molecular formula is C20H17N5O2S2. The zero-order valence-corrected chi connectivity index (χ0v) is 17.2. The first kappa shape index (κ1) is 19.3. The van der Waals surface area contributed by atoms with Crippen LogP contribution in [0.15, 0.2) is 64.5 Å². The molecule has 29 heavy (non-hydrogen) atoms. The molecule has 0 aliphatic heterocycles. The summed E-state index contributed by atoms with van der Waals surface area (Å²) in [6.45, 7) is 2.33. The molecule has 4 aromatic heterocycles. The van der Waals surface area contributed by atoms with Crippen molar-refractivity contribution in [3.8, 4) is 21.1 Å². The van der Waals surface area contributed by atoms with E-state index in [1.807, 2.05) is 37.3 Å². The first-order chi connectivity index (χ1) is 14.2. The van der Waals surface area contributed by atoms with Crippen LogP contribution in [0.5, 0.6) is 0 Å². The molecule has 4 heterocycles. The Morgan fingerprint density at radius 2 is 2.14 bits per heavy atom. The summed E-state index contributed by atoms with van der Waals surface area (Å²) in [6, 6.07) is 11.3. The number of aryl methyl sites for hydroxylation is 1. The number of nitrogens with zero attached hydrogens (tertiary/aromatic N) is 4. The molecule has 1 N–H and O–H groups in total. The number of hydrogen-bond donors (Lipinski definition) is 1. The lowest BCUT2D eigenvalue weighted by Crippen LogP contribution is -2.24. The van der Waals surface area contributed by atoms with Crippen LogP contribution in [0.4, 0.5) is 0 Å². The number of carbonyl (C=O) groups excluding carboxylic acids is 1. The predicted molar refractivity (Wildman–Crippen MR) is 112 cm³/mol. The Kier molecular flexibility index (Phi) is 5.97. The third kappa shape index (κ3) is 4.87. The normalized spacial score (nSPS) is 10.8. The van der Waals surface area contributed by atoms with E-state index in [4.69, 9.17) is 4.42 Å². The molecule has 0 saturated carbocycles. The van der Waals surface area contributed by atoms with Gasteiger partial charge in [-0.15, -0.1) is 21.5 Å². The zero-order chi connectivity index (χ0) is 20.1. The Bertz CT molecular complexity index is 1080. The fourth-order valence-corrected chi connectivity index (χ4v) is 4.22. The smallest absolute Gasteiger partial charge is 0.230 e. The number of nitrogens with one attached hydrogen (secondary N) is 1. The van der Waals surface area contributed by atoms with Crippen molar-refractivity contribution in [2.45, 2.75) is 18.5 Å². The number of rotatable bonds is 7. The summed E-state index contributed by atoms with van der Waals surface area (Å²) in [5.74, 6) is 0.897. The van der Waals surface area contributed by atoms with Crippen LogP contribution >= 0.6 is 23.1 Å². The largest absolute Gasteiger partial charge is 0.467 e. The number of amides is 1. The molecule has 0 unspecified atom stereocenters. The van der Waals surface area contributed by atoms with E-state index in [1.54, 1.807) is 36.1 Å². The fourth-order valence-electron chi connectivity index (χ4n) is 2.55. The molecule has 0 aromatic carbocycles. The van der Waals surface area contributed by atoms with Gasteiger partial charge < -0.3 is 9.73 Å². The van der Waals surface area contributed by atoms with Gasteiger partial charge in [0.1, 0.15) is 21.5 Å². The molecule has 4 rings (SSSR count). The number of thioether (sulfide) groups is 1. The zero-order valence-electron chi connectivity index (χ0n) is 15.5. The second kappa shape index (κ2) is 8.97. The van der Waals surface area contributed by atoms with Gasteiger partial charge in [-0.2, -0.15) is 0 Å². The van der Waals surface area contributed by atoms with Gasteiger partial charge in [-0.1, -0.05) is 11.8 Å². The number of carbonyl (C=O) groups is 1. The van der Waals surface area contributed by atoms with Crippen molar-refractivity contribution < 1.29 is 9.21 Å². The van der Waals surface area contributed by atoms with Crippen LogP contribution in [-0.4, -0.2) is 31.8 Å². The van der Waals surface area contributed by atoms with Crippen LogP contribution in [0.1, 0.15) is 11.5 Å². The average molecular weight is 424 g/mol. The van der Waals surface area contributed by atoms with Crippen LogP contribution in [0.2, 0.25) is 0 Å². The molecule has 1 amide bonds. The summed E-state index contributed by atoms with van der Waals surface area (Å²) in [5.41, 5.74) is 2.65. The van der Waals surface area contributed by atoms with Gasteiger partial charge in [0.15, 0.2) is 0 Å². The number of aromatic nitrogens is 4. The van der Waals surface area contributed by atoms with Crippen molar-refractivity contribution in [3.63, 3.8) is 0 Å². The predicted octanol–water partition coefficient (Wildman–Crippen LogP) is 3.97. The molecule has 0 spiro atoms. The number of hydrogen-bond acceptors (Lipinski definition) is 8. The molecule has 146 valence electrons. The van der Waals surface area contributed by atoms with Gasteiger partial charge in [0.05, 0.1) is 29.1 Å². The summed E-state index contributed by atoms with van der Waals surface area (Å²) in [4.78, 5) is 21.7. The lowest BCUT2D eigenvalue weighted by atomic mass is 10.3. The number of thiazole rings is 1. The highest BCUT2D eigenvalue weighted by Crippen LogP contribution is 2.34. The molecular weight excluding hydrogens is 406 g/mol. The molecule has 0 radical (unpaired) electrons. The minimum Gasteiger partial charge on any atom is -0.467 e. The highest BCUT2D eigenvalue weighted by atomic mass is 32.2. The van der Waals surface area contributed by atoms with Crippen LogP contribution in [0.3, 0.4) is 0 Å². The first-order valence-electron chi connectivity index (χ1n) is 8.83. The summed E-state index contributed by atoms with van der Waals surface area (Å²) < 4.78 is 5.19. The van der Waals surface area contributed by atoms with Gasteiger partial charge >= 0.3 is 0 Å². The lowest BCUT2D eigenvalue weighted by Gasteiger charge is -2.03. The summed E-state index contributed by atoms with van der Waals surface area (Å²) in [7, 11) is 0. The van der Waals surface area contributed by atoms with E-state index in [0.717, 1.165) is 32.6 Å². The molecule has 0 bridgehead atoms. The van der Waals surface area contributed by atoms with E-state index in [2.05, 4.69) is 25.5 Å². The molecule has 0 aliphatic rings. The maximum absolute atomic E-state index is 11.9. The van der Waals surface area contributed by atoms with Gasteiger partial charge in [0.25, 0.3) is 0 Å². The minimum absolute atomic E-state index is 0.0864. The molecule has 9 heteroatoms. The topological polar surface area (TPSA) is 93.8 Å². The van der Waals surface area contributed by atoms with Gasteiger partial charge in [0, 0.05) is 18.0 Å². The Labute approximate surface area is 175 Å². The first-order valence-corrected chi connectivity index (χ1v) is 10.6. The number of furan rings is 1. The quantitative estimate of drug-likeness (QED) is 0.450. The second-order valence-electron chi connectivity index (χ2n) is 6.08. The summed E-state index contributed by atoms with van der Waals surface area (Å²) >= 11 is 2.90. The van der Waals surface area contributed by atoms with Crippen molar-refractivity contribution in [3.05, 3.63) is 66.5 Å². The average Bonchev–Trinajstić information content (AvgIpc) is 3.41. The Hall–Kier alpha value is -3.04. The molecule has 4 aromatic rings. The molecule has 0 atom stereocenters. The maximum atomic E-state index is 11.9. The summed E-state index contributed by atoms with van der Waals surface area (Å²) in [6.07, 6.45) is 5.12. The monoisotopic (exact) mass is 423 g/mol. The Morgan fingerprint density at radius 1 is 1.21 bits per heavy atom. The minimum atomic E-state index is -0.0864. The molecule has 0 fully saturated rings. The van der Waals surface area contributed by atoms with E-state index >= 15 is 0 Å². The van der Waals surface area contributed by atoms with Crippen molar-refractivity contribution in [1.82, 2.24) is 25.5 Å². The van der Waals surface area contributed by atoms with Gasteiger partial charge in [-0.25, -0.2) is 4.98 Å². The second-order valence-corrected chi connectivity index (χ2v) is 8.07. The van der Waals surface area contributed by atoms with Crippen molar-refractivity contribution >= 4 is 29.0 Å². The molecule has 0 saturated heterocycles. The van der Waals surface area contributed by atoms with E-state index in [0.29, 0.717) is 11.6 Å². The molecule has 7 nitrogen and oxygen atoms in total. The number of pyridine rings is 1. The third-order valence-electron chi connectivity index (χ3n) is 3.97. The van der Waals surface area contributed by atoms with Crippen LogP contribution in [-0.2, 0) is 11.3 Å². The van der Waals surface area contributed by atoms with Crippen molar-refractivity contribution in [2.24, 2.45) is 0 Å². The highest BCUT2D eigenvalue weighted by molar-refractivity contribution is 7.99. The van der Waals surface area contributed by atoms with E-state index in [1.165, 1.54) is 11.8 Å². The highest BCUT2D eigenvalue weighted by Gasteiger charge is 2.13. The van der Waals surface area contributed by atoms with Crippen molar-refractivity contribution in [1.29, 1.82) is 0 Å². The SMILES string of the molecule is Cc1nc(-c2cccnc2)sc1-c1ccc(SCC(=O)NCc2ccco2)nn1. The van der Waals surface area contributed by atoms with E-state index in [9.17, 15) is 4.79 Å². The van der Waals surface area contributed by atoms with Crippen LogP contribution < -0.4 is 5.32 Å². The Morgan fingerprint density at radius 3 is 2.86 bits per heavy atom. The van der Waals surface area contributed by atoms with Crippen molar-refractivity contribution in [2.75, 3.05) is 5.75 Å². The fraction of sp³-hybridized carbons (Fsp3) is 0.150.